The van der Waals surface area contributed by atoms with Gasteiger partial charge in [0, 0.05) is 82.9 Å². The van der Waals surface area contributed by atoms with Gasteiger partial charge in [-0.15, -0.1) is 0 Å². The van der Waals surface area contributed by atoms with Gasteiger partial charge in [0.1, 0.15) is 33.5 Å². The summed E-state index contributed by atoms with van der Waals surface area (Å²) in [4.78, 5) is 0. The van der Waals surface area contributed by atoms with Crippen molar-refractivity contribution in [3.8, 4) is 33.6 Å². The van der Waals surface area contributed by atoms with E-state index in [-0.39, 0.29) is 0 Å². The molecular formula is C60H34N2O3. The Labute approximate surface area is 370 Å². The average molecular weight is 831 g/mol. The molecule has 0 aliphatic rings. The van der Waals surface area contributed by atoms with Gasteiger partial charge in [-0.25, -0.2) is 0 Å². The number of benzene rings is 10. The van der Waals surface area contributed by atoms with Crippen LogP contribution in [0.25, 0.3) is 143 Å². The fourth-order valence-electron chi connectivity index (χ4n) is 10.7. The zero-order valence-corrected chi connectivity index (χ0v) is 34.7. The van der Waals surface area contributed by atoms with Gasteiger partial charge in [0.05, 0.1) is 22.1 Å². The van der Waals surface area contributed by atoms with Gasteiger partial charge in [0.25, 0.3) is 0 Å². The van der Waals surface area contributed by atoms with Gasteiger partial charge in [-0.2, -0.15) is 0 Å². The summed E-state index contributed by atoms with van der Waals surface area (Å²) in [5.74, 6) is 0. The van der Waals surface area contributed by atoms with Crippen LogP contribution < -0.4 is 0 Å². The van der Waals surface area contributed by atoms with Crippen molar-refractivity contribution in [2.45, 2.75) is 0 Å². The van der Waals surface area contributed by atoms with Crippen LogP contribution in [0.15, 0.2) is 220 Å². The van der Waals surface area contributed by atoms with E-state index in [1.54, 1.807) is 0 Å². The Balaban J connectivity index is 0.936. The van der Waals surface area contributed by atoms with E-state index in [4.69, 9.17) is 13.3 Å². The number of nitrogens with zero attached hydrogens (tertiary/aromatic N) is 2. The molecule has 0 saturated heterocycles. The second-order valence-corrected chi connectivity index (χ2v) is 17.2. The third kappa shape index (κ3) is 4.92. The highest BCUT2D eigenvalue weighted by molar-refractivity contribution is 6.20. The molecule has 0 saturated carbocycles. The predicted octanol–water partition coefficient (Wildman–Crippen LogP) is 16.9. The highest BCUT2D eigenvalue weighted by atomic mass is 16.3. The minimum absolute atomic E-state index is 0.871. The molecule has 5 nitrogen and oxygen atoms in total. The van der Waals surface area contributed by atoms with Crippen molar-refractivity contribution in [2.75, 3.05) is 0 Å². The summed E-state index contributed by atoms with van der Waals surface area (Å²) in [7, 11) is 0. The summed E-state index contributed by atoms with van der Waals surface area (Å²) >= 11 is 0. The number of fused-ring (bicyclic) bond motifs is 15. The third-order valence-electron chi connectivity index (χ3n) is 13.7. The van der Waals surface area contributed by atoms with Gasteiger partial charge >= 0.3 is 0 Å². The van der Waals surface area contributed by atoms with Crippen LogP contribution in [0, 0.1) is 0 Å². The molecule has 15 aromatic rings. The first-order valence-electron chi connectivity index (χ1n) is 22.1. The summed E-state index contributed by atoms with van der Waals surface area (Å²) in [6.07, 6.45) is 0. The van der Waals surface area contributed by atoms with Crippen LogP contribution in [-0.2, 0) is 0 Å². The lowest BCUT2D eigenvalue weighted by Crippen LogP contribution is -1.94. The van der Waals surface area contributed by atoms with Gasteiger partial charge in [0.2, 0.25) is 0 Å². The minimum Gasteiger partial charge on any atom is -0.456 e. The van der Waals surface area contributed by atoms with E-state index < -0.39 is 0 Å². The number of hydrogen-bond donors (Lipinski definition) is 0. The number of rotatable bonds is 4. The maximum Gasteiger partial charge on any atom is 0.143 e. The van der Waals surface area contributed by atoms with Crippen LogP contribution in [0.2, 0.25) is 0 Å². The Bertz CT molecular complexity index is 4460. The summed E-state index contributed by atoms with van der Waals surface area (Å²) < 4.78 is 24.1. The smallest absolute Gasteiger partial charge is 0.143 e. The first kappa shape index (κ1) is 34.7. The van der Waals surface area contributed by atoms with Gasteiger partial charge in [-0.05, 0) is 95.6 Å². The van der Waals surface area contributed by atoms with Gasteiger partial charge in [-0.3, -0.25) is 0 Å². The van der Waals surface area contributed by atoms with Gasteiger partial charge in [0.15, 0.2) is 0 Å². The molecule has 5 heterocycles. The van der Waals surface area contributed by atoms with Crippen LogP contribution >= 0.6 is 0 Å². The molecule has 5 heteroatoms. The van der Waals surface area contributed by atoms with Gasteiger partial charge in [-0.1, -0.05) is 115 Å². The molecule has 5 aromatic heterocycles. The Hall–Kier alpha value is -8.80. The number of para-hydroxylation sites is 5. The molecule has 65 heavy (non-hydrogen) atoms. The fraction of sp³-hybridized carbons (Fsp3) is 0. The number of furan rings is 3. The number of hydrogen-bond acceptors (Lipinski definition) is 3. The molecule has 0 unspecified atom stereocenters. The molecule has 0 radical (unpaired) electrons. The van der Waals surface area contributed by atoms with Crippen LogP contribution in [0.3, 0.4) is 0 Å². The molecular weight excluding hydrogens is 797 g/mol. The maximum atomic E-state index is 6.51. The first-order valence-corrected chi connectivity index (χ1v) is 22.1. The highest BCUT2D eigenvalue weighted by Gasteiger charge is 2.21. The Morgan fingerprint density at radius 2 is 0.692 bits per heavy atom. The van der Waals surface area contributed by atoms with Crippen molar-refractivity contribution in [2.24, 2.45) is 0 Å². The monoisotopic (exact) mass is 830 g/mol. The van der Waals surface area contributed by atoms with Crippen LogP contribution in [0.1, 0.15) is 0 Å². The molecule has 10 aromatic carbocycles. The zero-order valence-electron chi connectivity index (χ0n) is 34.7. The molecule has 0 N–H and O–H groups in total. The maximum absolute atomic E-state index is 6.51. The lowest BCUT2D eigenvalue weighted by atomic mass is 10.00. The average Bonchev–Trinajstić information content (AvgIpc) is 4.17. The molecule has 0 fully saturated rings. The van der Waals surface area contributed by atoms with E-state index in [1.165, 1.54) is 21.5 Å². The van der Waals surface area contributed by atoms with Crippen LogP contribution in [0.4, 0.5) is 0 Å². The van der Waals surface area contributed by atoms with E-state index in [0.29, 0.717) is 0 Å². The summed E-state index contributed by atoms with van der Waals surface area (Å²) in [6.45, 7) is 0. The molecule has 15 rings (SSSR count). The van der Waals surface area contributed by atoms with Crippen molar-refractivity contribution in [3.63, 3.8) is 0 Å². The molecule has 302 valence electrons. The fourth-order valence-corrected chi connectivity index (χ4v) is 10.7. The van der Waals surface area contributed by atoms with E-state index in [9.17, 15) is 0 Å². The predicted molar refractivity (Wildman–Crippen MR) is 268 cm³/mol. The van der Waals surface area contributed by atoms with E-state index in [2.05, 4.69) is 185 Å². The minimum atomic E-state index is 0.871. The van der Waals surface area contributed by atoms with Crippen LogP contribution in [-0.4, -0.2) is 9.13 Å². The highest BCUT2D eigenvalue weighted by Crippen LogP contribution is 2.43. The molecule has 0 amide bonds. The van der Waals surface area contributed by atoms with Crippen molar-refractivity contribution >= 4 is 109 Å². The van der Waals surface area contributed by atoms with Crippen molar-refractivity contribution in [1.82, 2.24) is 9.13 Å². The van der Waals surface area contributed by atoms with Gasteiger partial charge < -0.3 is 22.4 Å². The largest absolute Gasteiger partial charge is 0.456 e. The Morgan fingerprint density at radius 1 is 0.246 bits per heavy atom. The molecule has 0 bridgehead atoms. The standard InChI is InChI=1S/C60H34N2O3/c1-2-11-38(12-3-1)61-51-27-23-36(29-45(51)47-31-49-42-14-5-7-18-55(42)63-58(49)33-53(47)61)37-24-28-52-46(30-37)48-32-50-43-15-6-8-19-56(43)64-59(50)34-54(48)62(52)39-25-21-35(22-26-39)40-16-10-17-44-41-13-4-9-20-57(41)65-60(40)44/h1-34H. The summed E-state index contributed by atoms with van der Waals surface area (Å²) in [5.41, 5.74) is 16.5. The van der Waals surface area contributed by atoms with E-state index in [1.807, 2.05) is 30.3 Å². The quantitative estimate of drug-likeness (QED) is 0.177. The second kappa shape index (κ2) is 12.9. The molecule has 0 aliphatic heterocycles. The Kier molecular flexibility index (Phi) is 6.89. The SMILES string of the molecule is c1ccc(-n2c3ccc(-c4ccc5c(c4)c4cc6c(cc4n5-c4ccc(-c5cccc7c5oc5ccccc57)cc4)oc4ccccc46)cc3c3cc4c(cc32)oc2ccccc24)cc1. The van der Waals surface area contributed by atoms with E-state index in [0.717, 1.165) is 122 Å². The van der Waals surface area contributed by atoms with Crippen molar-refractivity contribution in [1.29, 1.82) is 0 Å². The normalized spacial score (nSPS) is 12.3. The summed E-state index contributed by atoms with van der Waals surface area (Å²) in [6, 6.07) is 73.7. The second-order valence-electron chi connectivity index (χ2n) is 17.2. The molecule has 0 atom stereocenters. The molecule has 0 aliphatic carbocycles. The van der Waals surface area contributed by atoms with Crippen molar-refractivity contribution < 1.29 is 13.3 Å². The Morgan fingerprint density at radius 3 is 1.26 bits per heavy atom. The number of aromatic nitrogens is 2. The van der Waals surface area contributed by atoms with E-state index >= 15 is 0 Å². The van der Waals surface area contributed by atoms with Crippen LogP contribution in [0.5, 0.6) is 0 Å². The molecule has 0 spiro atoms. The topological polar surface area (TPSA) is 49.3 Å². The lowest BCUT2D eigenvalue weighted by Gasteiger charge is -2.10. The van der Waals surface area contributed by atoms with Crippen molar-refractivity contribution in [3.05, 3.63) is 206 Å². The first-order chi connectivity index (χ1) is 32.2. The third-order valence-corrected chi connectivity index (χ3v) is 13.7. The lowest BCUT2D eigenvalue weighted by molar-refractivity contribution is 0.669. The zero-order chi connectivity index (χ0) is 42.3. The summed E-state index contributed by atoms with van der Waals surface area (Å²) in [5, 5.41) is 11.5.